The molecule has 1 aliphatic rings. The van der Waals surface area contributed by atoms with Crippen LogP contribution in [0.15, 0.2) is 83.5 Å². The molecule has 0 bridgehead atoms. The van der Waals surface area contributed by atoms with E-state index in [0.717, 1.165) is 28.4 Å². The first-order valence-corrected chi connectivity index (χ1v) is 12.9. The molecule has 39 heavy (non-hydrogen) atoms. The quantitative estimate of drug-likeness (QED) is 0.343. The third kappa shape index (κ3) is 6.09. The maximum atomic E-state index is 13.4. The second kappa shape index (κ2) is 11.8. The molecule has 9 nitrogen and oxygen atoms in total. The predicted octanol–water partition coefficient (Wildman–Crippen LogP) is 4.04. The van der Waals surface area contributed by atoms with E-state index in [1.54, 1.807) is 35.3 Å². The fourth-order valence-electron chi connectivity index (χ4n) is 4.65. The lowest BCUT2D eigenvalue weighted by Crippen LogP contribution is -2.52. The van der Waals surface area contributed by atoms with Gasteiger partial charge in [-0.1, -0.05) is 30.3 Å². The van der Waals surface area contributed by atoms with E-state index in [-0.39, 0.29) is 24.9 Å². The lowest BCUT2D eigenvalue weighted by atomic mass is 10.1. The average Bonchev–Trinajstić information content (AvgIpc) is 3.50. The number of nitrogens with zero attached hydrogens (tertiary/aromatic N) is 5. The zero-order valence-corrected chi connectivity index (χ0v) is 22.1. The molecule has 0 aliphatic carbocycles. The topological polar surface area (TPSA) is 92.0 Å². The number of anilines is 1. The van der Waals surface area contributed by atoms with Crippen LogP contribution < -0.4 is 9.64 Å². The van der Waals surface area contributed by atoms with Crippen LogP contribution in [0, 0.1) is 6.92 Å². The number of hydrogen-bond donors (Lipinski definition) is 0. The number of benzene rings is 2. The van der Waals surface area contributed by atoms with Crippen molar-refractivity contribution in [2.45, 2.75) is 13.5 Å². The number of carbonyl (C=O) groups excluding carboxylic acids is 2. The summed E-state index contributed by atoms with van der Waals surface area (Å²) >= 11 is 0. The second-order valence-corrected chi connectivity index (χ2v) is 9.43. The summed E-state index contributed by atoms with van der Waals surface area (Å²) in [6, 6.07) is 22.6. The molecule has 0 unspecified atom stereocenters. The highest BCUT2D eigenvalue weighted by molar-refractivity contribution is 5.97. The zero-order valence-electron chi connectivity index (χ0n) is 22.1. The Morgan fingerprint density at radius 3 is 2.46 bits per heavy atom. The van der Waals surface area contributed by atoms with Crippen LogP contribution in [0.2, 0.25) is 0 Å². The molecule has 0 saturated carbocycles. The molecule has 2 aromatic heterocycles. The summed E-state index contributed by atoms with van der Waals surface area (Å²) in [4.78, 5) is 32.2. The van der Waals surface area contributed by atoms with E-state index in [9.17, 15) is 9.59 Å². The molecule has 4 aromatic rings. The summed E-state index contributed by atoms with van der Waals surface area (Å²) in [6.45, 7) is 4.41. The molecule has 0 N–H and O–H groups in total. The molecule has 1 fully saturated rings. The number of piperazine rings is 1. The number of aromatic nitrogens is 2. The number of furan rings is 1. The van der Waals surface area contributed by atoms with Gasteiger partial charge in [0.05, 0.1) is 25.6 Å². The van der Waals surface area contributed by atoms with Gasteiger partial charge in [-0.25, -0.2) is 0 Å². The predicted molar refractivity (Wildman–Crippen MR) is 147 cm³/mol. The van der Waals surface area contributed by atoms with E-state index in [1.807, 2.05) is 67.6 Å². The Kier molecular flexibility index (Phi) is 7.86. The summed E-state index contributed by atoms with van der Waals surface area (Å²) in [5, 5.41) is 8.83. The first-order chi connectivity index (χ1) is 19.0. The minimum atomic E-state index is -0.192. The largest absolute Gasteiger partial charge is 0.497 e. The number of rotatable bonds is 8. The number of methoxy groups -OCH3 is 1. The van der Waals surface area contributed by atoms with Crippen molar-refractivity contribution in [3.8, 4) is 17.0 Å². The monoisotopic (exact) mass is 525 g/mol. The molecule has 2 aromatic carbocycles. The minimum Gasteiger partial charge on any atom is -0.497 e. The zero-order chi connectivity index (χ0) is 27.2. The number of ether oxygens (including phenoxy) is 1. The van der Waals surface area contributed by atoms with Crippen molar-refractivity contribution in [3.63, 3.8) is 0 Å². The van der Waals surface area contributed by atoms with E-state index < -0.39 is 0 Å². The standard InChI is InChI=1S/C30H31N5O4/c1-22-7-3-4-11-26(22)30(37)35(20-25-10-6-18-39-25)21-29(36)34-16-14-33(15-17-34)28-13-12-27(31-32-28)23-8-5-9-24(19-23)38-2/h3-13,18-19H,14-17,20-21H2,1-2H3. The molecule has 0 radical (unpaired) electrons. The Bertz CT molecular complexity index is 1410. The number of aryl methyl sites for hydroxylation is 1. The second-order valence-electron chi connectivity index (χ2n) is 9.43. The van der Waals surface area contributed by atoms with Gasteiger partial charge in [0.25, 0.3) is 5.91 Å². The van der Waals surface area contributed by atoms with E-state index in [1.165, 1.54) is 0 Å². The van der Waals surface area contributed by atoms with Crippen molar-refractivity contribution >= 4 is 17.6 Å². The van der Waals surface area contributed by atoms with Gasteiger partial charge < -0.3 is 23.9 Å². The summed E-state index contributed by atoms with van der Waals surface area (Å²) in [5.41, 5.74) is 3.15. The van der Waals surface area contributed by atoms with Crippen LogP contribution in [-0.4, -0.2) is 71.6 Å². The highest BCUT2D eigenvalue weighted by Crippen LogP contribution is 2.23. The van der Waals surface area contributed by atoms with Crippen molar-refractivity contribution in [2.24, 2.45) is 0 Å². The molecule has 0 spiro atoms. The molecule has 2 amide bonds. The Labute approximate surface area is 227 Å². The molecule has 9 heteroatoms. The molecule has 200 valence electrons. The lowest BCUT2D eigenvalue weighted by molar-refractivity contribution is -0.132. The molecular formula is C30H31N5O4. The van der Waals surface area contributed by atoms with Crippen LogP contribution in [0.4, 0.5) is 5.82 Å². The van der Waals surface area contributed by atoms with Gasteiger partial charge in [-0.05, 0) is 55.0 Å². The average molecular weight is 526 g/mol. The van der Waals surface area contributed by atoms with Gasteiger partial charge in [-0.3, -0.25) is 9.59 Å². The Hall–Kier alpha value is -4.66. The maximum Gasteiger partial charge on any atom is 0.255 e. The van der Waals surface area contributed by atoms with Gasteiger partial charge >= 0.3 is 0 Å². The molecule has 5 rings (SSSR count). The summed E-state index contributed by atoms with van der Waals surface area (Å²) in [6.07, 6.45) is 1.57. The number of hydrogen-bond acceptors (Lipinski definition) is 7. The maximum absolute atomic E-state index is 13.4. The van der Waals surface area contributed by atoms with E-state index in [0.29, 0.717) is 37.5 Å². The normalized spacial score (nSPS) is 13.3. The fourth-order valence-corrected chi connectivity index (χ4v) is 4.65. The number of amides is 2. The van der Waals surface area contributed by atoms with E-state index in [2.05, 4.69) is 15.1 Å². The van der Waals surface area contributed by atoms with Crippen molar-refractivity contribution in [2.75, 3.05) is 44.7 Å². The Balaban J connectivity index is 1.21. The van der Waals surface area contributed by atoms with Gasteiger partial charge in [0.1, 0.15) is 18.1 Å². The van der Waals surface area contributed by atoms with Gasteiger partial charge in [-0.2, -0.15) is 0 Å². The highest BCUT2D eigenvalue weighted by Gasteiger charge is 2.27. The van der Waals surface area contributed by atoms with Crippen LogP contribution in [-0.2, 0) is 11.3 Å². The van der Waals surface area contributed by atoms with Crippen molar-refractivity contribution in [1.29, 1.82) is 0 Å². The minimum absolute atomic E-state index is 0.0249. The Morgan fingerprint density at radius 2 is 1.77 bits per heavy atom. The summed E-state index contributed by atoms with van der Waals surface area (Å²) < 4.78 is 10.8. The fraction of sp³-hybridized carbons (Fsp3) is 0.267. The van der Waals surface area contributed by atoms with Crippen LogP contribution in [0.1, 0.15) is 21.7 Å². The van der Waals surface area contributed by atoms with Crippen LogP contribution >= 0.6 is 0 Å². The molecular weight excluding hydrogens is 494 g/mol. The van der Waals surface area contributed by atoms with Gasteiger partial charge in [-0.15, -0.1) is 10.2 Å². The van der Waals surface area contributed by atoms with Gasteiger partial charge in [0.2, 0.25) is 5.91 Å². The SMILES string of the molecule is COc1cccc(-c2ccc(N3CCN(C(=O)CN(Cc4ccco4)C(=O)c4ccccc4C)CC3)nn2)c1. The first kappa shape index (κ1) is 26.0. The van der Waals surface area contributed by atoms with Crippen molar-refractivity contribution < 1.29 is 18.7 Å². The molecule has 3 heterocycles. The van der Waals surface area contributed by atoms with Crippen LogP contribution in [0.25, 0.3) is 11.3 Å². The third-order valence-corrected chi connectivity index (χ3v) is 6.89. The van der Waals surface area contributed by atoms with Gasteiger partial charge in [0, 0.05) is 37.3 Å². The number of carbonyl (C=O) groups is 2. The van der Waals surface area contributed by atoms with Crippen LogP contribution in [0.5, 0.6) is 5.75 Å². The van der Waals surface area contributed by atoms with Crippen molar-refractivity contribution in [1.82, 2.24) is 20.0 Å². The molecule has 1 saturated heterocycles. The summed E-state index contributed by atoms with van der Waals surface area (Å²) in [7, 11) is 1.64. The molecule has 0 atom stereocenters. The molecule has 1 aliphatic heterocycles. The highest BCUT2D eigenvalue weighted by atomic mass is 16.5. The Morgan fingerprint density at radius 1 is 0.949 bits per heavy atom. The summed E-state index contributed by atoms with van der Waals surface area (Å²) in [5.74, 6) is 1.88. The third-order valence-electron chi connectivity index (χ3n) is 6.89. The van der Waals surface area contributed by atoms with E-state index >= 15 is 0 Å². The lowest BCUT2D eigenvalue weighted by Gasteiger charge is -2.36. The van der Waals surface area contributed by atoms with E-state index in [4.69, 9.17) is 9.15 Å². The smallest absolute Gasteiger partial charge is 0.255 e. The first-order valence-electron chi connectivity index (χ1n) is 12.9. The van der Waals surface area contributed by atoms with Gasteiger partial charge in [0.15, 0.2) is 5.82 Å². The van der Waals surface area contributed by atoms with Crippen LogP contribution in [0.3, 0.4) is 0 Å². The van der Waals surface area contributed by atoms with Crippen molar-refractivity contribution in [3.05, 3.63) is 95.9 Å².